The molecule has 2 heterocycles. The number of hydrogen-bond donors (Lipinski definition) is 0. The van der Waals surface area contributed by atoms with Crippen molar-refractivity contribution in [3.63, 3.8) is 0 Å². The second-order valence-corrected chi connectivity index (χ2v) is 10.8. The smallest absolute Gasteiger partial charge is 0.331 e. The molecule has 146 valence electrons. The van der Waals surface area contributed by atoms with Crippen molar-refractivity contribution >= 4 is 20.1 Å². The average Bonchev–Trinajstić information content (AvgIpc) is 3.02. The number of nitrogens with zero attached hydrogens (tertiary/aromatic N) is 4. The van der Waals surface area contributed by atoms with Gasteiger partial charge in [0, 0.05) is 53.1 Å². The lowest BCUT2D eigenvalue weighted by molar-refractivity contribution is 0.173. The third-order valence-electron chi connectivity index (χ3n) is 4.41. The third kappa shape index (κ3) is 4.29. The summed E-state index contributed by atoms with van der Waals surface area (Å²) in [5, 5.41) is 0. The summed E-state index contributed by atoms with van der Waals surface area (Å²) in [4.78, 5) is 2.17. The van der Waals surface area contributed by atoms with E-state index in [1.807, 2.05) is 18.2 Å². The van der Waals surface area contributed by atoms with Crippen molar-refractivity contribution in [3.8, 4) is 11.5 Å². The Morgan fingerprint density at radius 1 is 1.08 bits per heavy atom. The van der Waals surface area contributed by atoms with E-state index in [-0.39, 0.29) is 6.79 Å². The number of fused-ring (bicyclic) bond motifs is 1. The fourth-order valence-electron chi connectivity index (χ4n) is 2.70. The first-order valence-corrected chi connectivity index (χ1v) is 11.5. The number of hydrogen-bond acceptors (Lipinski definition) is 6. The molecule has 3 rings (SSSR count). The van der Waals surface area contributed by atoms with Crippen LogP contribution in [0.1, 0.15) is 5.56 Å². The van der Waals surface area contributed by atoms with Gasteiger partial charge in [-0.15, -0.1) is 0 Å². The Hall–Kier alpha value is -1.40. The van der Waals surface area contributed by atoms with Crippen molar-refractivity contribution in [1.82, 2.24) is 13.5 Å². The minimum Gasteiger partial charge on any atom is -0.454 e. The quantitative estimate of drug-likeness (QED) is 0.703. The second kappa shape index (κ2) is 7.31. The topological polar surface area (TPSA) is 91.8 Å². The lowest BCUT2D eigenvalue weighted by Crippen LogP contribution is -2.47. The molecule has 0 aromatic heterocycles. The first kappa shape index (κ1) is 19.4. The van der Waals surface area contributed by atoms with Crippen LogP contribution < -0.4 is 9.47 Å². The molecule has 0 bridgehead atoms. The number of piperazine rings is 1. The second-order valence-electron chi connectivity index (χ2n) is 6.49. The lowest BCUT2D eigenvalue weighted by Gasteiger charge is -2.33. The number of rotatable bonds is 5. The molecule has 0 aliphatic carbocycles. The summed E-state index contributed by atoms with van der Waals surface area (Å²) in [6, 6.07) is 5.82. The molecule has 2 aliphatic heterocycles. The highest BCUT2D eigenvalue weighted by atomic mass is 32.3. The van der Waals surface area contributed by atoms with E-state index >= 15 is 0 Å². The van der Waals surface area contributed by atoms with Crippen LogP contribution in [0, 0.1) is 0 Å². The Kier molecular flexibility index (Phi) is 5.45. The summed E-state index contributed by atoms with van der Waals surface area (Å²) < 4.78 is 54.0. The van der Waals surface area contributed by atoms with E-state index in [4.69, 9.17) is 9.47 Å². The van der Waals surface area contributed by atoms with E-state index in [2.05, 4.69) is 8.67 Å². The van der Waals surface area contributed by atoms with Gasteiger partial charge in [-0.3, -0.25) is 4.90 Å². The van der Waals surface area contributed by atoms with Gasteiger partial charge in [-0.2, -0.15) is 12.7 Å². The van der Waals surface area contributed by atoms with E-state index in [1.165, 1.54) is 14.9 Å². The fourth-order valence-corrected chi connectivity index (χ4v) is 5.64. The van der Waals surface area contributed by atoms with Crippen LogP contribution in [0.25, 0.3) is 0 Å². The zero-order valence-electron chi connectivity index (χ0n) is 15.1. The molecule has 0 amide bonds. The third-order valence-corrected chi connectivity index (χ3v) is 8.64. The summed E-state index contributed by atoms with van der Waals surface area (Å²) in [7, 11) is -3.75. The summed E-state index contributed by atoms with van der Waals surface area (Å²) in [6.45, 7) is 2.74. The van der Waals surface area contributed by atoms with Crippen LogP contribution in [0.3, 0.4) is 0 Å². The van der Waals surface area contributed by atoms with Crippen molar-refractivity contribution in [2.45, 2.75) is 6.54 Å². The van der Waals surface area contributed by atoms with Crippen molar-refractivity contribution in [2.24, 2.45) is 3.77 Å². The molecule has 1 atom stereocenters. The van der Waals surface area contributed by atoms with Crippen LogP contribution in [-0.4, -0.2) is 79.5 Å². The average molecular weight is 405 g/mol. The predicted molar refractivity (Wildman–Crippen MR) is 98.5 cm³/mol. The Morgan fingerprint density at radius 2 is 1.73 bits per heavy atom. The number of benzene rings is 1. The van der Waals surface area contributed by atoms with E-state index < -0.39 is 20.1 Å². The molecule has 11 heteroatoms. The highest BCUT2D eigenvalue weighted by Gasteiger charge is 2.28. The van der Waals surface area contributed by atoms with Crippen LogP contribution >= 0.6 is 0 Å². The van der Waals surface area contributed by atoms with Gasteiger partial charge < -0.3 is 9.47 Å². The van der Waals surface area contributed by atoms with E-state index in [1.54, 1.807) is 14.1 Å². The zero-order chi connectivity index (χ0) is 18.9. The van der Waals surface area contributed by atoms with Gasteiger partial charge in [0.1, 0.15) is 9.92 Å². The first-order chi connectivity index (χ1) is 12.2. The van der Waals surface area contributed by atoms with Gasteiger partial charge in [0.2, 0.25) is 6.79 Å². The molecule has 9 nitrogen and oxygen atoms in total. The SMILES string of the molecule is CN(C)S(C)(=O)=NS(=O)(=O)N1CCN(Cc2ccc3c(c2)OCO3)CC1. The number of ether oxygens (including phenoxy) is 2. The molecule has 1 aromatic rings. The largest absolute Gasteiger partial charge is 0.454 e. The Bertz CT molecular complexity index is 885. The van der Waals surface area contributed by atoms with Crippen LogP contribution in [0.15, 0.2) is 22.0 Å². The van der Waals surface area contributed by atoms with Crippen LogP contribution in [-0.2, 0) is 26.7 Å². The molecule has 1 aromatic carbocycles. The summed E-state index contributed by atoms with van der Waals surface area (Å²) in [5.74, 6) is 1.49. The molecular formula is C15H24N4O5S2. The molecule has 0 spiro atoms. The van der Waals surface area contributed by atoms with Gasteiger partial charge in [0.25, 0.3) is 0 Å². The fraction of sp³-hybridized carbons (Fsp3) is 0.600. The first-order valence-electron chi connectivity index (χ1n) is 8.19. The molecule has 2 aliphatic rings. The van der Waals surface area contributed by atoms with Gasteiger partial charge in [0.15, 0.2) is 11.5 Å². The molecule has 1 fully saturated rings. The van der Waals surface area contributed by atoms with E-state index in [9.17, 15) is 12.6 Å². The summed E-state index contributed by atoms with van der Waals surface area (Å²) in [5.41, 5.74) is 1.08. The van der Waals surface area contributed by atoms with Gasteiger partial charge in [-0.25, -0.2) is 8.51 Å². The van der Waals surface area contributed by atoms with Gasteiger partial charge in [-0.1, -0.05) is 9.83 Å². The lowest BCUT2D eigenvalue weighted by atomic mass is 10.2. The van der Waals surface area contributed by atoms with Crippen LogP contribution in [0.2, 0.25) is 0 Å². The highest BCUT2D eigenvalue weighted by molar-refractivity contribution is 8.00. The van der Waals surface area contributed by atoms with Gasteiger partial charge in [0.05, 0.1) is 0 Å². The highest BCUT2D eigenvalue weighted by Crippen LogP contribution is 2.32. The van der Waals surface area contributed by atoms with Crippen molar-refractivity contribution in [3.05, 3.63) is 23.8 Å². The minimum absolute atomic E-state index is 0.242. The maximum atomic E-state index is 12.4. The molecule has 1 saturated heterocycles. The van der Waals surface area contributed by atoms with E-state index in [0.29, 0.717) is 32.7 Å². The Balaban J connectivity index is 1.61. The van der Waals surface area contributed by atoms with Crippen LogP contribution in [0.5, 0.6) is 11.5 Å². The monoisotopic (exact) mass is 404 g/mol. The maximum absolute atomic E-state index is 12.4. The minimum atomic E-state index is -3.91. The van der Waals surface area contributed by atoms with Crippen molar-refractivity contribution in [1.29, 1.82) is 0 Å². The predicted octanol–water partition coefficient (Wildman–Crippen LogP) is 0.352. The zero-order valence-corrected chi connectivity index (χ0v) is 16.8. The van der Waals surface area contributed by atoms with Crippen molar-refractivity contribution in [2.75, 3.05) is 53.3 Å². The molecule has 1 unspecified atom stereocenters. The molecule has 0 radical (unpaired) electrons. The molecule has 26 heavy (non-hydrogen) atoms. The molecule has 0 saturated carbocycles. The Morgan fingerprint density at radius 3 is 2.38 bits per heavy atom. The molecule has 0 N–H and O–H groups in total. The van der Waals surface area contributed by atoms with Crippen LogP contribution in [0.4, 0.5) is 0 Å². The summed E-state index contributed by atoms with van der Waals surface area (Å²) in [6.07, 6.45) is 1.32. The Labute approximate surface area is 155 Å². The molecular weight excluding hydrogens is 380 g/mol. The summed E-state index contributed by atoms with van der Waals surface area (Å²) >= 11 is 0. The van der Waals surface area contributed by atoms with Gasteiger partial charge in [-0.05, 0) is 17.7 Å². The van der Waals surface area contributed by atoms with Gasteiger partial charge >= 0.3 is 10.2 Å². The standard InChI is InChI=1S/C15H24N4O5S2/c1-17(2)25(3,20)16-26(21,22)19-8-6-18(7-9-19)11-13-4-5-14-15(10-13)24-12-23-14/h4-5,10H,6-9,11-12H2,1-3H3. The van der Waals surface area contributed by atoms with E-state index in [0.717, 1.165) is 17.1 Å². The maximum Gasteiger partial charge on any atom is 0.331 e. The van der Waals surface area contributed by atoms with Crippen molar-refractivity contribution < 1.29 is 22.1 Å². The normalized spacial score (nSPS) is 20.9.